The summed E-state index contributed by atoms with van der Waals surface area (Å²) in [5.41, 5.74) is 1.18. The molecule has 0 aromatic carbocycles. The normalized spacial score (nSPS) is 21.6. The van der Waals surface area contributed by atoms with Crippen LogP contribution in [0.25, 0.3) is 0 Å². The Morgan fingerprint density at radius 3 is 3.05 bits per heavy atom. The van der Waals surface area contributed by atoms with E-state index in [4.69, 9.17) is 4.74 Å². The van der Waals surface area contributed by atoms with Gasteiger partial charge in [-0.2, -0.15) is 5.10 Å². The summed E-state index contributed by atoms with van der Waals surface area (Å²) in [6.45, 7) is 4.16. The van der Waals surface area contributed by atoms with Gasteiger partial charge in [0.2, 0.25) is 0 Å². The monoisotopic (exact) mass is 304 g/mol. The van der Waals surface area contributed by atoms with Crippen molar-refractivity contribution in [3.8, 4) is 0 Å². The van der Waals surface area contributed by atoms with Crippen molar-refractivity contribution in [2.24, 2.45) is 0 Å². The molecule has 0 bridgehead atoms. The second-order valence-corrected chi connectivity index (χ2v) is 6.64. The lowest BCUT2D eigenvalue weighted by Crippen LogP contribution is -2.25. The van der Waals surface area contributed by atoms with Crippen LogP contribution in [0.15, 0.2) is 24.5 Å². The Morgan fingerprint density at radius 2 is 2.38 bits per heavy atom. The minimum absolute atomic E-state index is 0.0649. The van der Waals surface area contributed by atoms with Gasteiger partial charge in [-0.15, -0.1) is 11.3 Å². The summed E-state index contributed by atoms with van der Waals surface area (Å²) in [5, 5.41) is 4.29. The largest absolute Gasteiger partial charge is 0.456 e. The van der Waals surface area contributed by atoms with Gasteiger partial charge in [0.05, 0.1) is 6.04 Å². The zero-order chi connectivity index (χ0) is 14.8. The highest BCUT2D eigenvalue weighted by molar-refractivity contribution is 7.14. The molecule has 2 heterocycles. The zero-order valence-electron chi connectivity index (χ0n) is 12.4. The Balaban J connectivity index is 1.71. The van der Waals surface area contributed by atoms with Crippen molar-refractivity contribution >= 4 is 17.3 Å². The fraction of sp³-hybridized carbons (Fsp3) is 0.500. The highest BCUT2D eigenvalue weighted by Crippen LogP contribution is 2.33. The van der Waals surface area contributed by atoms with Crippen LogP contribution in [0.5, 0.6) is 0 Å². The van der Waals surface area contributed by atoms with E-state index in [0.29, 0.717) is 0 Å². The lowest BCUT2D eigenvalue weighted by atomic mass is 10.2. The number of carbonyl (C=O) groups excluding carboxylic acids is 1. The molecule has 2 aromatic heterocycles. The van der Waals surface area contributed by atoms with E-state index in [0.717, 1.165) is 30.6 Å². The molecule has 3 rings (SSSR count). The minimum Gasteiger partial charge on any atom is -0.456 e. The molecule has 21 heavy (non-hydrogen) atoms. The smallest absolute Gasteiger partial charge is 0.348 e. The number of esters is 1. The van der Waals surface area contributed by atoms with Crippen LogP contribution in [0.4, 0.5) is 0 Å². The van der Waals surface area contributed by atoms with Gasteiger partial charge in [0, 0.05) is 17.3 Å². The van der Waals surface area contributed by atoms with E-state index in [1.165, 1.54) is 10.4 Å². The average molecular weight is 304 g/mol. The van der Waals surface area contributed by atoms with Crippen LogP contribution in [0.2, 0.25) is 0 Å². The molecule has 5 heteroatoms. The van der Waals surface area contributed by atoms with Crippen molar-refractivity contribution < 1.29 is 9.53 Å². The fourth-order valence-corrected chi connectivity index (χ4v) is 3.99. The molecule has 112 valence electrons. The zero-order valence-corrected chi connectivity index (χ0v) is 13.2. The number of aryl methyl sites for hydroxylation is 2. The summed E-state index contributed by atoms with van der Waals surface area (Å²) in [5.74, 6) is -0.188. The Labute approximate surface area is 128 Å². The predicted octanol–water partition coefficient (Wildman–Crippen LogP) is 3.77. The molecule has 0 aliphatic heterocycles. The van der Waals surface area contributed by atoms with Gasteiger partial charge in [0.25, 0.3) is 0 Å². The summed E-state index contributed by atoms with van der Waals surface area (Å²) in [6.07, 6.45) is 7.62. The third-order valence-corrected chi connectivity index (χ3v) is 5.45. The van der Waals surface area contributed by atoms with Gasteiger partial charge in [-0.25, -0.2) is 4.79 Å². The highest BCUT2D eigenvalue weighted by Gasteiger charge is 2.32. The molecule has 2 atom stereocenters. The molecule has 1 saturated carbocycles. The molecule has 0 unspecified atom stereocenters. The summed E-state index contributed by atoms with van der Waals surface area (Å²) in [7, 11) is 0. The van der Waals surface area contributed by atoms with Crippen LogP contribution in [0.3, 0.4) is 0 Å². The second-order valence-electron chi connectivity index (χ2n) is 5.50. The molecule has 0 saturated heterocycles. The molecule has 0 radical (unpaired) electrons. The SMILES string of the molecule is CCc1sc(C(=O)O[C@@H]2CCC[C@H]2n2cccn2)cc1C. The number of rotatable bonds is 4. The standard InChI is InChI=1S/C16H20N2O2S/c1-3-14-11(2)10-15(21-14)16(19)20-13-7-4-6-12(13)18-9-5-8-17-18/h5,8-10,12-13H,3-4,6-7H2,1-2H3/t12-,13-/m1/s1. The summed E-state index contributed by atoms with van der Waals surface area (Å²) < 4.78 is 7.68. The number of hydrogen-bond donors (Lipinski definition) is 0. The van der Waals surface area contributed by atoms with Gasteiger partial charge >= 0.3 is 5.97 Å². The van der Waals surface area contributed by atoms with Crippen LogP contribution in [0, 0.1) is 6.92 Å². The van der Waals surface area contributed by atoms with E-state index in [-0.39, 0.29) is 18.1 Å². The predicted molar refractivity (Wildman–Crippen MR) is 82.8 cm³/mol. The van der Waals surface area contributed by atoms with Crippen molar-refractivity contribution in [1.82, 2.24) is 9.78 Å². The van der Waals surface area contributed by atoms with Crippen molar-refractivity contribution in [1.29, 1.82) is 0 Å². The Hall–Kier alpha value is -1.62. The molecule has 1 aliphatic rings. The molecular formula is C16H20N2O2S. The highest BCUT2D eigenvalue weighted by atomic mass is 32.1. The lowest BCUT2D eigenvalue weighted by molar-refractivity contribution is 0.0215. The van der Waals surface area contributed by atoms with Crippen molar-refractivity contribution in [2.75, 3.05) is 0 Å². The summed E-state index contributed by atoms with van der Waals surface area (Å²) >= 11 is 1.55. The van der Waals surface area contributed by atoms with Crippen molar-refractivity contribution in [2.45, 2.75) is 51.7 Å². The van der Waals surface area contributed by atoms with E-state index in [2.05, 4.69) is 12.0 Å². The van der Waals surface area contributed by atoms with Crippen LogP contribution < -0.4 is 0 Å². The minimum atomic E-state index is -0.188. The Morgan fingerprint density at radius 1 is 1.52 bits per heavy atom. The maximum Gasteiger partial charge on any atom is 0.348 e. The topological polar surface area (TPSA) is 44.1 Å². The van der Waals surface area contributed by atoms with E-state index in [9.17, 15) is 4.79 Å². The van der Waals surface area contributed by atoms with E-state index in [1.54, 1.807) is 17.5 Å². The number of thiophene rings is 1. The van der Waals surface area contributed by atoms with Gasteiger partial charge in [-0.05, 0) is 50.3 Å². The second kappa shape index (κ2) is 6.02. The number of nitrogens with zero attached hydrogens (tertiary/aromatic N) is 2. The first kappa shape index (κ1) is 14.3. The maximum atomic E-state index is 12.4. The van der Waals surface area contributed by atoms with Crippen LogP contribution in [-0.4, -0.2) is 21.9 Å². The molecule has 2 aromatic rings. The molecule has 0 spiro atoms. The number of aromatic nitrogens is 2. The van der Waals surface area contributed by atoms with Gasteiger partial charge in [-0.1, -0.05) is 6.92 Å². The molecule has 0 amide bonds. The Bertz CT molecular complexity index is 618. The third-order valence-electron chi connectivity index (χ3n) is 4.08. The van der Waals surface area contributed by atoms with Gasteiger partial charge in [0.1, 0.15) is 11.0 Å². The lowest BCUT2D eigenvalue weighted by Gasteiger charge is -2.20. The molecule has 1 aliphatic carbocycles. The van der Waals surface area contributed by atoms with Crippen molar-refractivity contribution in [3.05, 3.63) is 39.8 Å². The Kier molecular flexibility index (Phi) is 4.10. The third kappa shape index (κ3) is 2.88. The van der Waals surface area contributed by atoms with Crippen molar-refractivity contribution in [3.63, 3.8) is 0 Å². The number of hydrogen-bond acceptors (Lipinski definition) is 4. The first-order valence-corrected chi connectivity index (χ1v) is 8.30. The average Bonchev–Trinajstić information content (AvgIpc) is 3.17. The number of ether oxygens (including phenoxy) is 1. The van der Waals surface area contributed by atoms with Crippen LogP contribution in [-0.2, 0) is 11.2 Å². The van der Waals surface area contributed by atoms with Gasteiger partial charge in [0.15, 0.2) is 0 Å². The number of carbonyl (C=O) groups is 1. The summed E-state index contributed by atoms with van der Waals surface area (Å²) in [4.78, 5) is 14.3. The quantitative estimate of drug-likeness (QED) is 0.808. The molecular weight excluding hydrogens is 284 g/mol. The maximum absolute atomic E-state index is 12.4. The first-order chi connectivity index (χ1) is 10.2. The van der Waals surface area contributed by atoms with E-state index < -0.39 is 0 Å². The molecule has 4 nitrogen and oxygen atoms in total. The molecule has 1 fully saturated rings. The van der Waals surface area contributed by atoms with Gasteiger partial charge < -0.3 is 4.74 Å². The molecule has 0 N–H and O–H groups in total. The summed E-state index contributed by atoms with van der Waals surface area (Å²) in [6, 6.07) is 4.03. The van der Waals surface area contributed by atoms with Crippen LogP contribution in [0.1, 0.15) is 52.3 Å². The van der Waals surface area contributed by atoms with E-state index in [1.807, 2.05) is 29.9 Å². The van der Waals surface area contributed by atoms with Gasteiger partial charge in [-0.3, -0.25) is 4.68 Å². The fourth-order valence-electron chi connectivity index (χ4n) is 2.99. The van der Waals surface area contributed by atoms with Crippen LogP contribution >= 0.6 is 11.3 Å². The first-order valence-electron chi connectivity index (χ1n) is 7.48. The van der Waals surface area contributed by atoms with E-state index >= 15 is 0 Å².